The second kappa shape index (κ2) is 6.89. The van der Waals surface area contributed by atoms with Crippen LogP contribution in [0.5, 0.6) is 0 Å². The molecule has 21 heavy (non-hydrogen) atoms. The highest BCUT2D eigenvalue weighted by Gasteiger charge is 2.15. The van der Waals surface area contributed by atoms with Crippen molar-refractivity contribution in [3.63, 3.8) is 0 Å². The largest absolute Gasteiger partial charge is 0.306 e. The van der Waals surface area contributed by atoms with Gasteiger partial charge in [-0.05, 0) is 12.8 Å². The molecule has 0 bridgehead atoms. The first-order chi connectivity index (χ1) is 10.3. The summed E-state index contributed by atoms with van der Waals surface area (Å²) in [5.74, 6) is 2.05. The number of carbonyl (C=O) groups is 1. The lowest BCUT2D eigenvalue weighted by atomic mass is 10.1. The van der Waals surface area contributed by atoms with Gasteiger partial charge in [0.25, 0.3) is 0 Å². The molecule has 1 aliphatic heterocycles. The van der Waals surface area contributed by atoms with E-state index in [2.05, 4.69) is 14.8 Å². The van der Waals surface area contributed by atoms with Crippen LogP contribution in [0.3, 0.4) is 0 Å². The van der Waals surface area contributed by atoms with E-state index in [1.165, 1.54) is 19.3 Å². The third kappa shape index (κ3) is 3.53. The number of nitrogens with zero attached hydrogens (tertiary/aromatic N) is 3. The molecule has 2 aromatic rings. The summed E-state index contributed by atoms with van der Waals surface area (Å²) in [4.78, 5) is 12.1. The van der Waals surface area contributed by atoms with Gasteiger partial charge < -0.3 is 4.57 Å². The Hall–Kier alpha value is -1.62. The minimum Gasteiger partial charge on any atom is -0.306 e. The SMILES string of the molecule is O=C(CCSc1nnc2n1CCCCC2)c1ccccc1. The summed E-state index contributed by atoms with van der Waals surface area (Å²) in [7, 11) is 0. The zero-order chi connectivity index (χ0) is 14.5. The average Bonchev–Trinajstić information content (AvgIpc) is 2.76. The molecule has 0 saturated heterocycles. The Balaban J connectivity index is 1.56. The van der Waals surface area contributed by atoms with Crippen molar-refractivity contribution in [2.75, 3.05) is 5.75 Å². The second-order valence-electron chi connectivity index (χ2n) is 5.25. The van der Waals surface area contributed by atoms with Crippen LogP contribution in [0.2, 0.25) is 0 Å². The number of Topliss-reactive ketones (excluding diaryl/α,β-unsaturated/α-hetero) is 1. The molecule has 0 saturated carbocycles. The summed E-state index contributed by atoms with van der Waals surface area (Å²) in [6.45, 7) is 1.01. The minimum atomic E-state index is 0.193. The lowest BCUT2D eigenvalue weighted by molar-refractivity contribution is 0.0989. The Labute approximate surface area is 129 Å². The van der Waals surface area contributed by atoms with Gasteiger partial charge in [-0.1, -0.05) is 48.5 Å². The highest BCUT2D eigenvalue weighted by Crippen LogP contribution is 2.22. The number of thioether (sulfide) groups is 1. The van der Waals surface area contributed by atoms with E-state index in [1.54, 1.807) is 11.8 Å². The highest BCUT2D eigenvalue weighted by molar-refractivity contribution is 7.99. The lowest BCUT2D eigenvalue weighted by Gasteiger charge is -2.06. The molecule has 0 N–H and O–H groups in total. The van der Waals surface area contributed by atoms with E-state index in [-0.39, 0.29) is 5.78 Å². The van der Waals surface area contributed by atoms with Crippen molar-refractivity contribution in [3.05, 3.63) is 41.7 Å². The number of hydrogen-bond acceptors (Lipinski definition) is 4. The van der Waals surface area contributed by atoms with Crippen molar-refractivity contribution in [2.24, 2.45) is 0 Å². The third-order valence-electron chi connectivity index (χ3n) is 3.73. The van der Waals surface area contributed by atoms with Gasteiger partial charge in [-0.15, -0.1) is 10.2 Å². The average molecular weight is 301 g/mol. The molecule has 1 aromatic carbocycles. The van der Waals surface area contributed by atoms with Gasteiger partial charge in [0.1, 0.15) is 5.82 Å². The first-order valence-corrected chi connectivity index (χ1v) is 8.46. The molecule has 110 valence electrons. The molecule has 1 aromatic heterocycles. The van der Waals surface area contributed by atoms with Crippen LogP contribution in [-0.2, 0) is 13.0 Å². The zero-order valence-electron chi connectivity index (χ0n) is 12.0. The van der Waals surface area contributed by atoms with Gasteiger partial charge in [0.05, 0.1) is 0 Å². The third-order valence-corrected chi connectivity index (χ3v) is 4.70. The lowest BCUT2D eigenvalue weighted by Crippen LogP contribution is -2.04. The smallest absolute Gasteiger partial charge is 0.191 e. The van der Waals surface area contributed by atoms with E-state index in [1.807, 2.05) is 30.3 Å². The summed E-state index contributed by atoms with van der Waals surface area (Å²) in [5.41, 5.74) is 0.790. The molecular formula is C16H19N3OS. The monoisotopic (exact) mass is 301 g/mol. The topological polar surface area (TPSA) is 47.8 Å². The molecular weight excluding hydrogens is 282 g/mol. The molecule has 4 nitrogen and oxygen atoms in total. The second-order valence-corrected chi connectivity index (χ2v) is 6.31. The summed E-state index contributed by atoms with van der Waals surface area (Å²) in [6, 6.07) is 9.47. The molecule has 5 heteroatoms. The number of aromatic nitrogens is 3. The molecule has 0 spiro atoms. The fourth-order valence-corrected chi connectivity index (χ4v) is 3.49. The Kier molecular flexibility index (Phi) is 4.70. The number of ketones is 1. The fraction of sp³-hybridized carbons (Fsp3) is 0.438. The van der Waals surface area contributed by atoms with Gasteiger partial charge in [0.2, 0.25) is 0 Å². The van der Waals surface area contributed by atoms with Crippen molar-refractivity contribution >= 4 is 17.5 Å². The molecule has 0 unspecified atom stereocenters. The summed E-state index contributed by atoms with van der Waals surface area (Å²) in [5, 5.41) is 9.52. The number of benzene rings is 1. The Bertz CT molecular complexity index is 609. The van der Waals surface area contributed by atoms with Crippen molar-refractivity contribution in [1.82, 2.24) is 14.8 Å². The predicted octanol–water partition coefficient (Wildman–Crippen LogP) is 3.37. The van der Waals surface area contributed by atoms with Crippen LogP contribution >= 0.6 is 11.8 Å². The predicted molar refractivity (Wildman–Crippen MR) is 83.7 cm³/mol. The Morgan fingerprint density at radius 2 is 2.00 bits per heavy atom. The Morgan fingerprint density at radius 1 is 1.14 bits per heavy atom. The van der Waals surface area contributed by atoms with Crippen molar-refractivity contribution in [2.45, 2.75) is 43.8 Å². The standard InChI is InChI=1S/C16H19N3OS/c20-14(13-7-3-1-4-8-13)10-12-21-16-18-17-15-9-5-2-6-11-19(15)16/h1,3-4,7-8H,2,5-6,9-12H2. The number of carbonyl (C=O) groups excluding carboxylic acids is 1. The molecule has 1 aliphatic rings. The molecule has 0 aliphatic carbocycles. The van der Waals surface area contributed by atoms with E-state index in [0.29, 0.717) is 6.42 Å². The van der Waals surface area contributed by atoms with Crippen LogP contribution < -0.4 is 0 Å². The summed E-state index contributed by atoms with van der Waals surface area (Å²) in [6.07, 6.45) is 5.23. The molecule has 0 amide bonds. The van der Waals surface area contributed by atoms with E-state index in [0.717, 1.165) is 35.3 Å². The van der Waals surface area contributed by atoms with Gasteiger partial charge in [0, 0.05) is 30.7 Å². The Morgan fingerprint density at radius 3 is 2.86 bits per heavy atom. The minimum absolute atomic E-state index is 0.193. The van der Waals surface area contributed by atoms with Crippen molar-refractivity contribution in [3.8, 4) is 0 Å². The van der Waals surface area contributed by atoms with Gasteiger partial charge in [-0.3, -0.25) is 4.79 Å². The van der Waals surface area contributed by atoms with E-state index in [9.17, 15) is 4.79 Å². The van der Waals surface area contributed by atoms with Crippen LogP contribution in [0.25, 0.3) is 0 Å². The van der Waals surface area contributed by atoms with E-state index in [4.69, 9.17) is 0 Å². The first-order valence-electron chi connectivity index (χ1n) is 7.48. The zero-order valence-corrected chi connectivity index (χ0v) is 12.8. The quantitative estimate of drug-likeness (QED) is 0.627. The fourth-order valence-electron chi connectivity index (χ4n) is 2.57. The van der Waals surface area contributed by atoms with E-state index >= 15 is 0 Å². The molecule has 0 atom stereocenters. The van der Waals surface area contributed by atoms with Gasteiger partial charge in [-0.2, -0.15) is 0 Å². The van der Waals surface area contributed by atoms with Crippen molar-refractivity contribution < 1.29 is 4.79 Å². The van der Waals surface area contributed by atoms with Crippen LogP contribution in [0, 0.1) is 0 Å². The number of aryl methyl sites for hydroxylation is 1. The van der Waals surface area contributed by atoms with Crippen molar-refractivity contribution in [1.29, 1.82) is 0 Å². The van der Waals surface area contributed by atoms with Crippen LogP contribution in [-0.4, -0.2) is 26.3 Å². The molecule has 0 fully saturated rings. The van der Waals surface area contributed by atoms with Crippen LogP contribution in [0.15, 0.2) is 35.5 Å². The van der Waals surface area contributed by atoms with E-state index < -0.39 is 0 Å². The number of hydrogen-bond donors (Lipinski definition) is 0. The summed E-state index contributed by atoms with van der Waals surface area (Å²) >= 11 is 1.64. The van der Waals surface area contributed by atoms with Gasteiger partial charge in [0.15, 0.2) is 10.9 Å². The van der Waals surface area contributed by atoms with Gasteiger partial charge in [-0.25, -0.2) is 0 Å². The van der Waals surface area contributed by atoms with Crippen LogP contribution in [0.1, 0.15) is 41.9 Å². The summed E-state index contributed by atoms with van der Waals surface area (Å²) < 4.78 is 2.23. The highest BCUT2D eigenvalue weighted by atomic mass is 32.2. The maximum absolute atomic E-state index is 12.1. The number of fused-ring (bicyclic) bond motifs is 1. The normalized spacial score (nSPS) is 14.5. The van der Waals surface area contributed by atoms with Crippen LogP contribution in [0.4, 0.5) is 0 Å². The maximum Gasteiger partial charge on any atom is 0.191 e. The molecule has 3 rings (SSSR count). The first kappa shape index (κ1) is 14.3. The molecule has 2 heterocycles. The molecule has 0 radical (unpaired) electrons. The number of rotatable bonds is 5. The maximum atomic E-state index is 12.1. The van der Waals surface area contributed by atoms with Gasteiger partial charge >= 0.3 is 0 Å².